The van der Waals surface area contributed by atoms with Gasteiger partial charge in [0.1, 0.15) is 6.04 Å². The number of nitrogens with one attached hydrogen (secondary N) is 1. The summed E-state index contributed by atoms with van der Waals surface area (Å²) >= 11 is 0. The Kier molecular flexibility index (Phi) is 3.98. The predicted octanol–water partition coefficient (Wildman–Crippen LogP) is 3.19. The SMILES string of the molecule is CC1CN(C(=O)[C@H](C)Nc2nnc(-c3ccccc3)o2)CCC12CC2. The summed E-state index contributed by atoms with van der Waals surface area (Å²) in [6.45, 7) is 5.83. The normalized spacial score (nSPS) is 22.6. The number of aromatic nitrogens is 2. The van der Waals surface area contributed by atoms with Crippen LogP contribution in [0.2, 0.25) is 0 Å². The van der Waals surface area contributed by atoms with Crippen LogP contribution in [-0.2, 0) is 4.79 Å². The molecule has 2 aromatic rings. The molecule has 1 unspecified atom stereocenters. The van der Waals surface area contributed by atoms with E-state index in [-0.39, 0.29) is 18.0 Å². The van der Waals surface area contributed by atoms with Gasteiger partial charge in [-0.25, -0.2) is 0 Å². The Morgan fingerprint density at radius 2 is 2.04 bits per heavy atom. The number of carbonyl (C=O) groups excluding carboxylic acids is 1. The van der Waals surface area contributed by atoms with Crippen LogP contribution in [0.5, 0.6) is 0 Å². The van der Waals surface area contributed by atoms with Gasteiger partial charge in [-0.2, -0.15) is 0 Å². The highest BCUT2D eigenvalue weighted by Crippen LogP contribution is 2.56. The van der Waals surface area contributed by atoms with E-state index in [1.54, 1.807) is 0 Å². The van der Waals surface area contributed by atoms with E-state index in [4.69, 9.17) is 4.42 Å². The molecule has 1 aliphatic carbocycles. The van der Waals surface area contributed by atoms with E-state index in [9.17, 15) is 4.79 Å². The second-order valence-electron chi connectivity index (χ2n) is 7.44. The van der Waals surface area contributed by atoms with Crippen LogP contribution in [0.1, 0.15) is 33.1 Å². The van der Waals surface area contributed by atoms with Crippen molar-refractivity contribution in [1.29, 1.82) is 0 Å². The number of nitrogens with zero attached hydrogens (tertiary/aromatic N) is 3. The number of carbonyl (C=O) groups is 1. The maximum Gasteiger partial charge on any atom is 0.316 e. The third-order valence-corrected chi connectivity index (χ3v) is 5.78. The monoisotopic (exact) mass is 340 g/mol. The summed E-state index contributed by atoms with van der Waals surface area (Å²) in [7, 11) is 0. The van der Waals surface area contributed by atoms with Crippen LogP contribution >= 0.6 is 0 Å². The Balaban J connectivity index is 1.38. The van der Waals surface area contributed by atoms with Gasteiger partial charge in [-0.3, -0.25) is 4.79 Å². The molecule has 25 heavy (non-hydrogen) atoms. The lowest BCUT2D eigenvalue weighted by Crippen LogP contribution is -2.48. The summed E-state index contributed by atoms with van der Waals surface area (Å²) in [6, 6.07) is 9.49. The number of likely N-dealkylation sites (tertiary alicyclic amines) is 1. The molecule has 1 aromatic heterocycles. The minimum Gasteiger partial charge on any atom is -0.403 e. The summed E-state index contributed by atoms with van der Waals surface area (Å²) in [5.41, 5.74) is 1.39. The smallest absolute Gasteiger partial charge is 0.316 e. The summed E-state index contributed by atoms with van der Waals surface area (Å²) in [5, 5.41) is 11.1. The van der Waals surface area contributed by atoms with Crippen LogP contribution in [0.4, 0.5) is 6.01 Å². The van der Waals surface area contributed by atoms with E-state index < -0.39 is 0 Å². The summed E-state index contributed by atoms with van der Waals surface area (Å²) < 4.78 is 5.64. The largest absolute Gasteiger partial charge is 0.403 e. The summed E-state index contributed by atoms with van der Waals surface area (Å²) in [6.07, 6.45) is 3.79. The second-order valence-corrected chi connectivity index (χ2v) is 7.44. The Hall–Kier alpha value is -2.37. The quantitative estimate of drug-likeness (QED) is 0.925. The van der Waals surface area contributed by atoms with Crippen molar-refractivity contribution >= 4 is 11.9 Å². The van der Waals surface area contributed by atoms with Crippen LogP contribution in [0, 0.1) is 11.3 Å². The molecule has 6 nitrogen and oxygen atoms in total. The Morgan fingerprint density at radius 3 is 2.72 bits per heavy atom. The molecule has 4 rings (SSSR count). The van der Waals surface area contributed by atoms with E-state index in [1.165, 1.54) is 12.8 Å². The van der Waals surface area contributed by atoms with Gasteiger partial charge in [0.2, 0.25) is 11.8 Å². The van der Waals surface area contributed by atoms with E-state index in [1.807, 2.05) is 42.2 Å². The van der Waals surface area contributed by atoms with E-state index >= 15 is 0 Å². The van der Waals surface area contributed by atoms with Crippen molar-refractivity contribution in [2.24, 2.45) is 11.3 Å². The van der Waals surface area contributed by atoms with Crippen LogP contribution in [-0.4, -0.2) is 40.1 Å². The molecule has 0 bridgehead atoms. The first-order valence-corrected chi connectivity index (χ1v) is 9.02. The lowest BCUT2D eigenvalue weighted by atomic mass is 9.83. The van der Waals surface area contributed by atoms with Gasteiger partial charge >= 0.3 is 6.01 Å². The first kappa shape index (κ1) is 16.1. The maximum absolute atomic E-state index is 12.7. The van der Waals surface area contributed by atoms with Crippen molar-refractivity contribution in [2.45, 2.75) is 39.2 Å². The zero-order chi connectivity index (χ0) is 17.4. The van der Waals surface area contributed by atoms with Crippen LogP contribution in [0.3, 0.4) is 0 Å². The number of amides is 1. The molecule has 2 aliphatic rings. The highest BCUT2D eigenvalue weighted by atomic mass is 16.4. The third-order valence-electron chi connectivity index (χ3n) is 5.78. The first-order chi connectivity index (χ1) is 12.1. The van der Waals surface area contributed by atoms with Gasteiger partial charge in [-0.15, -0.1) is 5.10 Å². The molecule has 6 heteroatoms. The number of hydrogen-bond donors (Lipinski definition) is 1. The fraction of sp³-hybridized carbons (Fsp3) is 0.526. The van der Waals surface area contributed by atoms with Gasteiger partial charge in [0.15, 0.2) is 0 Å². The Labute approximate surface area is 147 Å². The first-order valence-electron chi connectivity index (χ1n) is 9.02. The Morgan fingerprint density at radius 1 is 1.28 bits per heavy atom. The highest BCUT2D eigenvalue weighted by Gasteiger charge is 2.50. The van der Waals surface area contributed by atoms with Gasteiger partial charge < -0.3 is 14.6 Å². The number of anilines is 1. The topological polar surface area (TPSA) is 71.3 Å². The van der Waals surface area contributed by atoms with Gasteiger partial charge in [-0.05, 0) is 49.7 Å². The molecule has 2 fully saturated rings. The zero-order valence-corrected chi connectivity index (χ0v) is 14.7. The van der Waals surface area contributed by atoms with Gasteiger partial charge in [0.25, 0.3) is 0 Å². The van der Waals surface area contributed by atoms with Crippen molar-refractivity contribution in [3.8, 4) is 11.5 Å². The number of piperidine rings is 1. The van der Waals surface area contributed by atoms with Crippen molar-refractivity contribution < 1.29 is 9.21 Å². The van der Waals surface area contributed by atoms with Crippen molar-refractivity contribution in [3.63, 3.8) is 0 Å². The van der Waals surface area contributed by atoms with Crippen LogP contribution < -0.4 is 5.32 Å². The molecule has 1 spiro atoms. The lowest BCUT2D eigenvalue weighted by Gasteiger charge is -2.38. The van der Waals surface area contributed by atoms with Gasteiger partial charge in [-0.1, -0.05) is 30.2 Å². The van der Waals surface area contributed by atoms with Crippen molar-refractivity contribution in [2.75, 3.05) is 18.4 Å². The molecule has 2 atom stereocenters. The molecule has 1 N–H and O–H groups in total. The predicted molar refractivity (Wildman–Crippen MR) is 94.8 cm³/mol. The molecule has 1 aromatic carbocycles. The fourth-order valence-corrected chi connectivity index (χ4v) is 3.82. The van der Waals surface area contributed by atoms with Gasteiger partial charge in [0, 0.05) is 18.7 Å². The molecule has 1 aliphatic heterocycles. The minimum atomic E-state index is -0.385. The molecule has 132 valence electrons. The summed E-state index contributed by atoms with van der Waals surface area (Å²) in [5.74, 6) is 1.14. The van der Waals surface area contributed by atoms with E-state index in [0.29, 0.717) is 17.2 Å². The van der Waals surface area contributed by atoms with E-state index in [0.717, 1.165) is 25.1 Å². The third kappa shape index (κ3) is 3.13. The fourth-order valence-electron chi connectivity index (χ4n) is 3.82. The molecule has 0 radical (unpaired) electrons. The summed E-state index contributed by atoms with van der Waals surface area (Å²) in [4.78, 5) is 14.7. The molecule has 1 saturated heterocycles. The average molecular weight is 340 g/mol. The molecule has 1 amide bonds. The number of rotatable bonds is 4. The van der Waals surface area contributed by atoms with E-state index in [2.05, 4.69) is 22.4 Å². The molecule has 1 saturated carbocycles. The maximum atomic E-state index is 12.7. The highest BCUT2D eigenvalue weighted by molar-refractivity contribution is 5.83. The zero-order valence-electron chi connectivity index (χ0n) is 14.7. The van der Waals surface area contributed by atoms with Crippen LogP contribution in [0.15, 0.2) is 34.7 Å². The second kappa shape index (κ2) is 6.17. The van der Waals surface area contributed by atoms with Crippen molar-refractivity contribution in [1.82, 2.24) is 15.1 Å². The standard InChI is InChI=1S/C19H24N4O2/c1-13-12-23(11-10-19(13)8-9-19)17(24)14(2)20-18-22-21-16(25-18)15-6-4-3-5-7-15/h3-7,13-14H,8-12H2,1-2H3,(H,20,22)/t13?,14-/m0/s1. The average Bonchev–Trinajstić information content (AvgIpc) is 3.27. The number of hydrogen-bond acceptors (Lipinski definition) is 5. The van der Waals surface area contributed by atoms with Gasteiger partial charge in [0.05, 0.1) is 0 Å². The minimum absolute atomic E-state index is 0.0989. The van der Waals surface area contributed by atoms with Crippen molar-refractivity contribution in [3.05, 3.63) is 30.3 Å². The Bertz CT molecular complexity index is 754. The molecular weight excluding hydrogens is 316 g/mol. The molecular formula is C19H24N4O2. The molecule has 2 heterocycles. The van der Waals surface area contributed by atoms with Crippen LogP contribution in [0.25, 0.3) is 11.5 Å². The lowest BCUT2D eigenvalue weighted by molar-refractivity contribution is -0.134. The number of benzene rings is 1.